The minimum Gasteiger partial charge on any atom is -0.465 e. The van der Waals surface area contributed by atoms with Crippen molar-refractivity contribution >= 4 is 18.0 Å². The molecule has 1 aromatic heterocycles. The van der Waals surface area contributed by atoms with Gasteiger partial charge in [0.05, 0.1) is 24.3 Å². The third-order valence-corrected chi connectivity index (χ3v) is 6.36. The van der Waals surface area contributed by atoms with Crippen LogP contribution < -0.4 is 0 Å². The molecule has 1 amide bonds. The van der Waals surface area contributed by atoms with Crippen LogP contribution in [0.1, 0.15) is 42.4 Å². The number of methoxy groups -OCH3 is 1. The number of hydrogen-bond acceptors (Lipinski definition) is 3. The van der Waals surface area contributed by atoms with Gasteiger partial charge in [-0.3, -0.25) is 4.79 Å². The number of amides is 1. The summed E-state index contributed by atoms with van der Waals surface area (Å²) < 4.78 is 20.5. The van der Waals surface area contributed by atoms with E-state index >= 15 is 0 Å². The Hall–Kier alpha value is -3.93. The summed E-state index contributed by atoms with van der Waals surface area (Å²) in [5.74, 6) is -1.10. The summed E-state index contributed by atoms with van der Waals surface area (Å²) in [4.78, 5) is 28.0. The van der Waals surface area contributed by atoms with E-state index in [1.54, 1.807) is 30.0 Å². The van der Waals surface area contributed by atoms with Gasteiger partial charge in [0, 0.05) is 22.8 Å². The van der Waals surface area contributed by atoms with E-state index in [1.165, 1.54) is 19.2 Å². The van der Waals surface area contributed by atoms with Crippen molar-refractivity contribution in [1.82, 2.24) is 9.47 Å². The number of halogens is 1. The number of rotatable bonds is 5. The lowest BCUT2D eigenvalue weighted by atomic mass is 10.0. The summed E-state index contributed by atoms with van der Waals surface area (Å²) in [6.45, 7) is 7.59. The third kappa shape index (κ3) is 3.96. The number of carbonyl (C=O) groups excluding carboxylic acids is 2. The van der Waals surface area contributed by atoms with Gasteiger partial charge in [-0.15, -0.1) is 0 Å². The first-order chi connectivity index (χ1) is 16.2. The molecule has 0 radical (unpaired) electrons. The number of aryl methyl sites for hydroxylation is 1. The van der Waals surface area contributed by atoms with Crippen LogP contribution in [0.2, 0.25) is 0 Å². The highest BCUT2D eigenvalue weighted by atomic mass is 19.1. The Morgan fingerprint density at radius 3 is 2.29 bits per heavy atom. The molecule has 4 rings (SSSR count). The highest BCUT2D eigenvalue weighted by Crippen LogP contribution is 2.38. The van der Waals surface area contributed by atoms with Crippen molar-refractivity contribution in [2.24, 2.45) is 0 Å². The molecule has 1 aliphatic rings. The van der Waals surface area contributed by atoms with Crippen LogP contribution in [0.4, 0.5) is 4.39 Å². The molecule has 5 nitrogen and oxygen atoms in total. The van der Waals surface area contributed by atoms with Gasteiger partial charge in [-0.1, -0.05) is 30.3 Å². The van der Waals surface area contributed by atoms with Crippen LogP contribution >= 0.6 is 0 Å². The normalized spacial score (nSPS) is 15.9. The Morgan fingerprint density at radius 1 is 1.03 bits per heavy atom. The summed E-state index contributed by atoms with van der Waals surface area (Å²) in [5, 5.41) is 0. The number of allylic oxidation sites excluding steroid dienone is 1. The quantitative estimate of drug-likeness (QED) is 0.366. The fraction of sp³-hybridized carbons (Fsp3) is 0.214. The van der Waals surface area contributed by atoms with Crippen molar-refractivity contribution in [2.45, 2.75) is 33.7 Å². The number of benzene rings is 2. The van der Waals surface area contributed by atoms with Gasteiger partial charge >= 0.3 is 5.97 Å². The van der Waals surface area contributed by atoms with E-state index in [1.807, 2.05) is 61.7 Å². The number of carbonyl (C=O) groups is 2. The Balaban J connectivity index is 1.81. The molecule has 0 unspecified atom stereocenters. The maximum absolute atomic E-state index is 13.6. The van der Waals surface area contributed by atoms with Crippen LogP contribution in [0, 0.1) is 19.7 Å². The molecule has 0 saturated heterocycles. The average Bonchev–Trinajstić information content (AvgIpc) is 3.25. The van der Waals surface area contributed by atoms with E-state index in [0.29, 0.717) is 11.3 Å². The number of nitrogens with zero attached hydrogens (tertiary/aromatic N) is 2. The predicted molar refractivity (Wildman–Crippen MR) is 130 cm³/mol. The molecule has 1 aliphatic heterocycles. The standard InChI is InChI=1S/C28H27FN2O3/c1-17-15-22(19(3)30(17)24-13-11-23(29)12-14-24)16-25-26(28(33)34-5)20(4)31(27(25)32)18(2)21-9-7-6-8-10-21/h6-16,18H,1-5H3/b25-16-/t18-/m1/s1. The van der Waals surface area contributed by atoms with Gasteiger partial charge in [-0.25, -0.2) is 9.18 Å². The molecule has 174 valence electrons. The first-order valence-electron chi connectivity index (χ1n) is 11.1. The van der Waals surface area contributed by atoms with Crippen molar-refractivity contribution in [3.8, 4) is 5.69 Å². The van der Waals surface area contributed by atoms with Crippen molar-refractivity contribution in [3.63, 3.8) is 0 Å². The molecule has 0 fully saturated rings. The zero-order valence-electron chi connectivity index (χ0n) is 19.9. The topological polar surface area (TPSA) is 51.5 Å². The van der Waals surface area contributed by atoms with Crippen molar-refractivity contribution in [1.29, 1.82) is 0 Å². The van der Waals surface area contributed by atoms with Crippen LogP contribution in [0.15, 0.2) is 77.5 Å². The molecule has 3 aromatic rings. The number of esters is 1. The summed E-state index contributed by atoms with van der Waals surface area (Å²) in [5.41, 5.74) is 5.51. The Bertz CT molecular complexity index is 1320. The zero-order chi connectivity index (χ0) is 24.6. The van der Waals surface area contributed by atoms with E-state index < -0.39 is 5.97 Å². The van der Waals surface area contributed by atoms with E-state index in [4.69, 9.17) is 4.74 Å². The summed E-state index contributed by atoms with van der Waals surface area (Å²) >= 11 is 0. The van der Waals surface area contributed by atoms with E-state index in [0.717, 1.165) is 28.2 Å². The lowest BCUT2D eigenvalue weighted by Gasteiger charge is -2.26. The monoisotopic (exact) mass is 458 g/mol. The third-order valence-electron chi connectivity index (χ3n) is 6.36. The van der Waals surface area contributed by atoms with Gasteiger partial charge in [0.15, 0.2) is 0 Å². The first-order valence-corrected chi connectivity index (χ1v) is 11.1. The maximum Gasteiger partial charge on any atom is 0.340 e. The van der Waals surface area contributed by atoms with Gasteiger partial charge in [-0.05, 0) is 75.2 Å². The number of ether oxygens (including phenoxy) is 1. The van der Waals surface area contributed by atoms with E-state index in [-0.39, 0.29) is 23.3 Å². The maximum atomic E-state index is 13.6. The minimum absolute atomic E-state index is 0.249. The molecule has 2 aromatic carbocycles. The summed E-state index contributed by atoms with van der Waals surface area (Å²) in [7, 11) is 1.31. The fourth-order valence-electron chi connectivity index (χ4n) is 4.62. The smallest absolute Gasteiger partial charge is 0.340 e. The summed E-state index contributed by atoms with van der Waals surface area (Å²) in [6.07, 6.45) is 1.75. The van der Waals surface area contributed by atoms with Crippen LogP contribution in [0.3, 0.4) is 0 Å². The van der Waals surface area contributed by atoms with Gasteiger partial charge < -0.3 is 14.2 Å². The highest BCUT2D eigenvalue weighted by Gasteiger charge is 2.39. The van der Waals surface area contributed by atoms with Gasteiger partial charge in [0.25, 0.3) is 5.91 Å². The van der Waals surface area contributed by atoms with Crippen molar-refractivity contribution in [2.75, 3.05) is 7.11 Å². The predicted octanol–water partition coefficient (Wildman–Crippen LogP) is 5.67. The molecule has 6 heteroatoms. The average molecular weight is 459 g/mol. The molecule has 2 heterocycles. The second kappa shape index (κ2) is 9.14. The summed E-state index contributed by atoms with van der Waals surface area (Å²) in [6, 6.07) is 17.6. The molecule has 34 heavy (non-hydrogen) atoms. The molecule has 0 spiro atoms. The lowest BCUT2D eigenvalue weighted by molar-refractivity contribution is -0.136. The van der Waals surface area contributed by atoms with Gasteiger partial charge in [0.2, 0.25) is 0 Å². The van der Waals surface area contributed by atoms with Crippen LogP contribution in [0.25, 0.3) is 11.8 Å². The fourth-order valence-corrected chi connectivity index (χ4v) is 4.62. The first kappa shape index (κ1) is 23.2. The van der Waals surface area contributed by atoms with Crippen LogP contribution in [0.5, 0.6) is 0 Å². The second-order valence-corrected chi connectivity index (χ2v) is 8.41. The van der Waals surface area contributed by atoms with E-state index in [2.05, 4.69) is 0 Å². The van der Waals surface area contributed by atoms with Crippen LogP contribution in [-0.2, 0) is 14.3 Å². The molecular formula is C28H27FN2O3. The molecular weight excluding hydrogens is 431 g/mol. The Morgan fingerprint density at radius 2 is 1.68 bits per heavy atom. The molecule has 0 aliphatic carbocycles. The Labute approximate surface area is 198 Å². The molecule has 0 bridgehead atoms. The molecule has 1 atom stereocenters. The van der Waals surface area contributed by atoms with Crippen molar-refractivity contribution in [3.05, 3.63) is 106 Å². The second-order valence-electron chi connectivity index (χ2n) is 8.41. The van der Waals surface area contributed by atoms with E-state index in [9.17, 15) is 14.0 Å². The highest BCUT2D eigenvalue weighted by molar-refractivity contribution is 6.16. The van der Waals surface area contributed by atoms with Gasteiger partial charge in [0.1, 0.15) is 5.82 Å². The number of hydrogen-bond donors (Lipinski definition) is 0. The Kier molecular flexibility index (Phi) is 6.24. The van der Waals surface area contributed by atoms with Crippen molar-refractivity contribution < 1.29 is 18.7 Å². The number of aromatic nitrogens is 1. The van der Waals surface area contributed by atoms with Crippen LogP contribution in [-0.4, -0.2) is 28.5 Å². The zero-order valence-corrected chi connectivity index (χ0v) is 19.9. The molecule has 0 N–H and O–H groups in total. The van der Waals surface area contributed by atoms with Gasteiger partial charge in [-0.2, -0.15) is 0 Å². The largest absolute Gasteiger partial charge is 0.465 e. The minimum atomic E-state index is -0.549. The lowest BCUT2D eigenvalue weighted by Crippen LogP contribution is -2.28. The molecule has 0 saturated carbocycles. The SMILES string of the molecule is COC(=O)C1=C(C)N([C@H](C)c2ccccc2)C(=O)/C1=C\c1cc(C)n(-c2ccc(F)cc2)c1C.